The van der Waals surface area contributed by atoms with Crippen molar-refractivity contribution in [2.75, 3.05) is 6.61 Å². The average Bonchev–Trinajstić information content (AvgIpc) is 2.33. The molecule has 0 saturated carbocycles. The first kappa shape index (κ1) is 15.5. The second-order valence-corrected chi connectivity index (χ2v) is 5.44. The first-order chi connectivity index (χ1) is 8.77. The van der Waals surface area contributed by atoms with Crippen LogP contribution in [0.5, 0.6) is 0 Å². The number of nitrogens with zero attached hydrogens (tertiary/aromatic N) is 1. The van der Waals surface area contributed by atoms with Gasteiger partial charge in [0.15, 0.2) is 0 Å². The molecule has 0 saturated heterocycles. The molecule has 5 nitrogen and oxygen atoms in total. The van der Waals surface area contributed by atoms with Crippen molar-refractivity contribution in [3.05, 3.63) is 35.4 Å². The maximum absolute atomic E-state index is 11.3. The Bertz CT molecular complexity index is 439. The molecule has 0 heterocycles. The number of carboxylic acid groups (broad SMARTS) is 1. The van der Waals surface area contributed by atoms with Crippen LogP contribution in [0.25, 0.3) is 0 Å². The van der Waals surface area contributed by atoms with E-state index in [9.17, 15) is 15.0 Å². The molecule has 0 aliphatic heterocycles. The molecule has 0 aliphatic rings. The standard InChI is InChI=1S/C14H21NO4/c1-14(2,3)15(13(18)19)8-10-6-4-5-7-11(10)12(17)9-16/h4-7,12,16-17H,8-9H2,1-3H3,(H,18,19). The second-order valence-electron chi connectivity index (χ2n) is 5.44. The zero-order valence-corrected chi connectivity index (χ0v) is 11.5. The predicted molar refractivity (Wildman–Crippen MR) is 71.8 cm³/mol. The molecule has 5 heteroatoms. The van der Waals surface area contributed by atoms with Gasteiger partial charge in [0.2, 0.25) is 0 Å². The first-order valence-electron chi connectivity index (χ1n) is 6.14. The van der Waals surface area contributed by atoms with Crippen LogP contribution in [-0.4, -0.2) is 38.5 Å². The maximum Gasteiger partial charge on any atom is 0.408 e. The summed E-state index contributed by atoms with van der Waals surface area (Å²) in [5, 5.41) is 28.1. The van der Waals surface area contributed by atoms with Crippen molar-refractivity contribution in [3.63, 3.8) is 0 Å². The Hall–Kier alpha value is -1.59. The van der Waals surface area contributed by atoms with Crippen LogP contribution in [-0.2, 0) is 6.54 Å². The van der Waals surface area contributed by atoms with Gasteiger partial charge in [-0.1, -0.05) is 24.3 Å². The van der Waals surface area contributed by atoms with E-state index in [0.717, 1.165) is 0 Å². The summed E-state index contributed by atoms with van der Waals surface area (Å²) in [7, 11) is 0. The first-order valence-corrected chi connectivity index (χ1v) is 6.14. The van der Waals surface area contributed by atoms with Crippen molar-refractivity contribution in [2.45, 2.75) is 39.0 Å². The van der Waals surface area contributed by atoms with Gasteiger partial charge < -0.3 is 15.3 Å². The zero-order chi connectivity index (χ0) is 14.6. The van der Waals surface area contributed by atoms with Crippen molar-refractivity contribution >= 4 is 6.09 Å². The summed E-state index contributed by atoms with van der Waals surface area (Å²) in [5.74, 6) is 0. The summed E-state index contributed by atoms with van der Waals surface area (Å²) in [6, 6.07) is 6.99. The molecule has 0 spiro atoms. The summed E-state index contributed by atoms with van der Waals surface area (Å²) in [6.07, 6.45) is -2.01. The average molecular weight is 267 g/mol. The summed E-state index contributed by atoms with van der Waals surface area (Å²) in [5.41, 5.74) is 0.713. The molecule has 0 radical (unpaired) electrons. The minimum absolute atomic E-state index is 0.173. The molecule has 1 unspecified atom stereocenters. The van der Waals surface area contributed by atoms with Crippen molar-refractivity contribution in [2.24, 2.45) is 0 Å². The highest BCUT2D eigenvalue weighted by Crippen LogP contribution is 2.23. The van der Waals surface area contributed by atoms with Crippen LogP contribution < -0.4 is 0 Å². The molecule has 1 aromatic rings. The Labute approximate surface area is 113 Å². The number of hydrogen-bond acceptors (Lipinski definition) is 3. The second kappa shape index (κ2) is 6.04. The number of rotatable bonds is 4. The smallest absolute Gasteiger partial charge is 0.408 e. The normalized spacial score (nSPS) is 13.1. The Morgan fingerprint density at radius 2 is 1.89 bits per heavy atom. The molecule has 1 atom stereocenters. The Kier molecular flexibility index (Phi) is 4.91. The minimum Gasteiger partial charge on any atom is -0.465 e. The third-order valence-electron chi connectivity index (χ3n) is 2.96. The number of aliphatic hydroxyl groups is 2. The van der Waals surface area contributed by atoms with Gasteiger partial charge in [0.05, 0.1) is 6.61 Å². The van der Waals surface area contributed by atoms with Gasteiger partial charge in [-0.25, -0.2) is 4.79 Å². The molecule has 0 fully saturated rings. The third kappa shape index (κ3) is 3.94. The van der Waals surface area contributed by atoms with E-state index >= 15 is 0 Å². The Morgan fingerprint density at radius 3 is 2.37 bits per heavy atom. The summed E-state index contributed by atoms with van der Waals surface area (Å²) < 4.78 is 0. The highest BCUT2D eigenvalue weighted by molar-refractivity contribution is 5.66. The van der Waals surface area contributed by atoms with Gasteiger partial charge >= 0.3 is 6.09 Å². The fourth-order valence-corrected chi connectivity index (χ4v) is 1.86. The number of hydrogen-bond donors (Lipinski definition) is 3. The van der Waals surface area contributed by atoms with E-state index in [1.54, 1.807) is 24.3 Å². The molecule has 0 aliphatic carbocycles. The lowest BCUT2D eigenvalue weighted by Gasteiger charge is -2.34. The minimum atomic E-state index is -1.01. The van der Waals surface area contributed by atoms with Crippen LogP contribution >= 0.6 is 0 Å². The molecule has 0 aromatic heterocycles. The van der Waals surface area contributed by atoms with Gasteiger partial charge in [-0.05, 0) is 31.9 Å². The van der Waals surface area contributed by atoms with Gasteiger partial charge in [0, 0.05) is 12.1 Å². The molecule has 0 bridgehead atoms. The molecule has 1 aromatic carbocycles. The fraction of sp³-hybridized carbons (Fsp3) is 0.500. The summed E-state index contributed by atoms with van der Waals surface area (Å²) >= 11 is 0. The van der Waals surface area contributed by atoms with E-state index in [1.807, 2.05) is 20.8 Å². The van der Waals surface area contributed by atoms with Crippen LogP contribution in [0.15, 0.2) is 24.3 Å². The third-order valence-corrected chi connectivity index (χ3v) is 2.96. The van der Waals surface area contributed by atoms with Crippen LogP contribution in [0.3, 0.4) is 0 Å². The van der Waals surface area contributed by atoms with Crippen molar-refractivity contribution in [3.8, 4) is 0 Å². The lowest BCUT2D eigenvalue weighted by atomic mass is 9.99. The highest BCUT2D eigenvalue weighted by Gasteiger charge is 2.27. The van der Waals surface area contributed by atoms with E-state index in [2.05, 4.69) is 0 Å². The van der Waals surface area contributed by atoms with Gasteiger partial charge in [-0.3, -0.25) is 4.90 Å². The van der Waals surface area contributed by atoms with Crippen LogP contribution in [0, 0.1) is 0 Å². The van der Waals surface area contributed by atoms with Gasteiger partial charge in [-0.15, -0.1) is 0 Å². The summed E-state index contributed by atoms with van der Waals surface area (Å²) in [6.45, 7) is 5.22. The highest BCUT2D eigenvalue weighted by atomic mass is 16.4. The number of carbonyl (C=O) groups is 1. The molecule has 106 valence electrons. The number of benzene rings is 1. The van der Waals surface area contributed by atoms with Crippen molar-refractivity contribution < 1.29 is 20.1 Å². The van der Waals surface area contributed by atoms with E-state index < -0.39 is 17.7 Å². The zero-order valence-electron chi connectivity index (χ0n) is 11.5. The molecule has 19 heavy (non-hydrogen) atoms. The van der Waals surface area contributed by atoms with Crippen LogP contribution in [0.1, 0.15) is 38.0 Å². The quantitative estimate of drug-likeness (QED) is 0.779. The number of aliphatic hydroxyl groups excluding tert-OH is 2. The van der Waals surface area contributed by atoms with Crippen molar-refractivity contribution in [1.82, 2.24) is 4.90 Å². The monoisotopic (exact) mass is 267 g/mol. The topological polar surface area (TPSA) is 81.0 Å². The molecule has 1 rings (SSSR count). The Morgan fingerprint density at radius 1 is 1.32 bits per heavy atom. The number of amides is 1. The molecule has 3 N–H and O–H groups in total. The molecular formula is C14H21NO4. The van der Waals surface area contributed by atoms with E-state index in [-0.39, 0.29) is 13.2 Å². The lowest BCUT2D eigenvalue weighted by molar-refractivity contribution is 0.0862. The molecule has 1 amide bonds. The van der Waals surface area contributed by atoms with Gasteiger partial charge in [0.1, 0.15) is 6.10 Å². The fourth-order valence-electron chi connectivity index (χ4n) is 1.86. The molecular weight excluding hydrogens is 246 g/mol. The van der Waals surface area contributed by atoms with Crippen molar-refractivity contribution in [1.29, 1.82) is 0 Å². The van der Waals surface area contributed by atoms with E-state index in [0.29, 0.717) is 11.1 Å². The van der Waals surface area contributed by atoms with Gasteiger partial charge in [0.25, 0.3) is 0 Å². The van der Waals surface area contributed by atoms with E-state index in [4.69, 9.17) is 5.11 Å². The van der Waals surface area contributed by atoms with E-state index in [1.165, 1.54) is 4.90 Å². The maximum atomic E-state index is 11.3. The predicted octanol–water partition coefficient (Wildman–Crippen LogP) is 1.99. The summed E-state index contributed by atoms with van der Waals surface area (Å²) in [4.78, 5) is 12.6. The van der Waals surface area contributed by atoms with Gasteiger partial charge in [-0.2, -0.15) is 0 Å². The van der Waals surface area contributed by atoms with Crippen LogP contribution in [0.4, 0.5) is 4.79 Å². The van der Waals surface area contributed by atoms with Crippen LogP contribution in [0.2, 0.25) is 0 Å². The Balaban J connectivity index is 3.07. The lowest BCUT2D eigenvalue weighted by Crippen LogP contribution is -2.44. The SMILES string of the molecule is CC(C)(C)N(Cc1ccccc1C(O)CO)C(=O)O. The largest absolute Gasteiger partial charge is 0.465 e.